The zero-order valence-electron chi connectivity index (χ0n) is 15.4. The highest BCUT2D eigenvalue weighted by atomic mass is 16.4. The molecule has 0 aliphatic rings. The first kappa shape index (κ1) is 16.4. The Kier molecular flexibility index (Phi) is 3.25. The maximum Gasteiger partial charge on any atom is 0.492 e. The quantitative estimate of drug-likeness (QED) is 0.401. The number of fused-ring (bicyclic) bond motifs is 6. The summed E-state index contributed by atoms with van der Waals surface area (Å²) in [7, 11) is -1.73. The molecule has 0 spiro atoms. The summed E-state index contributed by atoms with van der Waals surface area (Å²) in [6.07, 6.45) is 0. The van der Waals surface area contributed by atoms with Crippen molar-refractivity contribution >= 4 is 50.7 Å². The van der Waals surface area contributed by atoms with E-state index in [9.17, 15) is 15.2 Å². The number of aromatic hydroxyl groups is 1. The SMILES string of the molecule is OB(O)c1cc(-c2cc3c4ccccc4n4c5ccccc5c(c2)c34)ccc1O. The molecule has 6 rings (SSSR count). The van der Waals surface area contributed by atoms with E-state index in [0.717, 1.165) is 21.9 Å². The second-order valence-electron chi connectivity index (χ2n) is 7.44. The van der Waals surface area contributed by atoms with Crippen LogP contribution in [-0.2, 0) is 0 Å². The van der Waals surface area contributed by atoms with E-state index in [2.05, 4.69) is 52.9 Å². The third-order valence-electron chi connectivity index (χ3n) is 5.84. The predicted molar refractivity (Wildman–Crippen MR) is 118 cm³/mol. The van der Waals surface area contributed by atoms with Gasteiger partial charge in [-0.1, -0.05) is 48.5 Å². The molecular weight excluding hydrogens is 361 g/mol. The van der Waals surface area contributed by atoms with Gasteiger partial charge in [-0.25, -0.2) is 0 Å². The molecule has 0 atom stereocenters. The molecule has 0 radical (unpaired) electrons. The Hall–Kier alpha value is -3.54. The molecular formula is C24H16BNO3. The van der Waals surface area contributed by atoms with Crippen molar-refractivity contribution in [1.82, 2.24) is 4.40 Å². The Labute approximate surface area is 166 Å². The van der Waals surface area contributed by atoms with Gasteiger partial charge >= 0.3 is 7.12 Å². The summed E-state index contributed by atoms with van der Waals surface area (Å²) in [4.78, 5) is 0. The molecule has 5 heteroatoms. The lowest BCUT2D eigenvalue weighted by molar-refractivity contribution is 0.419. The molecule has 0 amide bonds. The van der Waals surface area contributed by atoms with Crippen LogP contribution in [-0.4, -0.2) is 26.7 Å². The van der Waals surface area contributed by atoms with Crippen molar-refractivity contribution < 1.29 is 15.2 Å². The molecule has 138 valence electrons. The fourth-order valence-electron chi connectivity index (χ4n) is 4.56. The minimum absolute atomic E-state index is 0.0989. The maximum absolute atomic E-state index is 9.95. The minimum atomic E-state index is -1.73. The first-order chi connectivity index (χ1) is 14.1. The van der Waals surface area contributed by atoms with E-state index in [1.165, 1.54) is 33.4 Å². The number of para-hydroxylation sites is 2. The van der Waals surface area contributed by atoms with Crippen molar-refractivity contribution in [2.75, 3.05) is 0 Å². The highest BCUT2D eigenvalue weighted by Gasteiger charge is 2.20. The van der Waals surface area contributed by atoms with Gasteiger partial charge in [0.25, 0.3) is 0 Å². The first-order valence-corrected chi connectivity index (χ1v) is 9.50. The fraction of sp³-hybridized carbons (Fsp3) is 0. The third kappa shape index (κ3) is 2.17. The van der Waals surface area contributed by atoms with E-state index < -0.39 is 7.12 Å². The van der Waals surface area contributed by atoms with Gasteiger partial charge in [-0.05, 0) is 41.5 Å². The molecule has 4 nitrogen and oxygen atoms in total. The molecule has 3 N–H and O–H groups in total. The summed E-state index contributed by atoms with van der Waals surface area (Å²) >= 11 is 0. The Bertz CT molecular complexity index is 1470. The summed E-state index contributed by atoms with van der Waals surface area (Å²) < 4.78 is 2.32. The molecule has 2 heterocycles. The Balaban J connectivity index is 1.78. The second-order valence-corrected chi connectivity index (χ2v) is 7.44. The van der Waals surface area contributed by atoms with Gasteiger partial charge < -0.3 is 19.6 Å². The lowest BCUT2D eigenvalue weighted by Gasteiger charge is -2.08. The van der Waals surface area contributed by atoms with E-state index in [0.29, 0.717) is 0 Å². The van der Waals surface area contributed by atoms with Crippen LogP contribution in [0, 0.1) is 0 Å². The molecule has 6 aromatic rings. The molecule has 4 aromatic carbocycles. The summed E-state index contributed by atoms with van der Waals surface area (Å²) in [5.74, 6) is -0.128. The van der Waals surface area contributed by atoms with Crippen molar-refractivity contribution in [3.05, 3.63) is 78.9 Å². The maximum atomic E-state index is 9.95. The van der Waals surface area contributed by atoms with Gasteiger partial charge in [0.15, 0.2) is 0 Å². The van der Waals surface area contributed by atoms with E-state index in [1.54, 1.807) is 12.1 Å². The zero-order chi connectivity index (χ0) is 19.7. The van der Waals surface area contributed by atoms with Crippen LogP contribution >= 0.6 is 0 Å². The molecule has 0 aliphatic carbocycles. The zero-order valence-corrected chi connectivity index (χ0v) is 15.4. The van der Waals surface area contributed by atoms with Crippen LogP contribution in [0.3, 0.4) is 0 Å². The molecule has 0 aliphatic heterocycles. The highest BCUT2D eigenvalue weighted by molar-refractivity contribution is 6.59. The average Bonchev–Trinajstić information content (AvgIpc) is 3.25. The average molecular weight is 377 g/mol. The van der Waals surface area contributed by atoms with Gasteiger partial charge in [0.05, 0.1) is 16.6 Å². The van der Waals surface area contributed by atoms with E-state index in [-0.39, 0.29) is 11.2 Å². The Morgan fingerprint density at radius 2 is 1.21 bits per heavy atom. The second kappa shape index (κ2) is 5.73. The summed E-state index contributed by atoms with van der Waals surface area (Å²) in [6, 6.07) is 26.0. The van der Waals surface area contributed by atoms with Crippen LogP contribution in [0.4, 0.5) is 0 Å². The Morgan fingerprint density at radius 3 is 1.79 bits per heavy atom. The summed E-state index contributed by atoms with van der Waals surface area (Å²) in [5.41, 5.74) is 5.42. The van der Waals surface area contributed by atoms with E-state index >= 15 is 0 Å². The lowest BCUT2D eigenvalue weighted by atomic mass is 9.78. The van der Waals surface area contributed by atoms with E-state index in [1.807, 2.05) is 12.1 Å². The smallest absolute Gasteiger partial charge is 0.492 e. The van der Waals surface area contributed by atoms with Crippen LogP contribution in [0.2, 0.25) is 0 Å². The van der Waals surface area contributed by atoms with Gasteiger partial charge in [0.1, 0.15) is 5.75 Å². The number of hydrogen-bond donors (Lipinski definition) is 3. The predicted octanol–water partition coefficient (Wildman–Crippen LogP) is 3.89. The number of phenols is 1. The number of hydrogen-bond acceptors (Lipinski definition) is 3. The number of benzene rings is 4. The van der Waals surface area contributed by atoms with Crippen molar-refractivity contribution in [1.29, 1.82) is 0 Å². The molecule has 2 aromatic heterocycles. The molecule has 0 fully saturated rings. The largest absolute Gasteiger partial charge is 0.508 e. The standard InChI is InChI=1S/C24H16BNO3/c27-23-10-9-14(13-20(23)25(28)29)15-11-18-16-5-1-3-7-21(16)26-22-8-4-2-6-17(22)19(12-15)24(18)26/h1-13,27-29H. The normalized spacial score (nSPS) is 11.9. The monoisotopic (exact) mass is 377 g/mol. The molecule has 0 saturated carbocycles. The van der Waals surface area contributed by atoms with Crippen LogP contribution in [0.15, 0.2) is 78.9 Å². The van der Waals surface area contributed by atoms with Crippen LogP contribution in [0.25, 0.3) is 49.2 Å². The van der Waals surface area contributed by atoms with Gasteiger partial charge in [0.2, 0.25) is 0 Å². The molecule has 0 unspecified atom stereocenters. The molecule has 0 bridgehead atoms. The topological polar surface area (TPSA) is 65.1 Å². The van der Waals surface area contributed by atoms with E-state index in [4.69, 9.17) is 0 Å². The third-order valence-corrected chi connectivity index (χ3v) is 5.84. The van der Waals surface area contributed by atoms with Crippen molar-refractivity contribution in [3.8, 4) is 16.9 Å². The number of phenolic OH excluding ortho intramolecular Hbond substituents is 1. The number of rotatable bonds is 2. The summed E-state index contributed by atoms with van der Waals surface area (Å²) in [6.45, 7) is 0. The summed E-state index contributed by atoms with van der Waals surface area (Å²) in [5, 5.41) is 33.8. The lowest BCUT2D eigenvalue weighted by Crippen LogP contribution is -2.30. The first-order valence-electron chi connectivity index (χ1n) is 9.50. The van der Waals surface area contributed by atoms with Crippen molar-refractivity contribution in [2.24, 2.45) is 0 Å². The minimum Gasteiger partial charge on any atom is -0.508 e. The number of nitrogens with zero attached hydrogens (tertiary/aromatic N) is 1. The molecule has 0 saturated heterocycles. The van der Waals surface area contributed by atoms with Crippen LogP contribution in [0.5, 0.6) is 5.75 Å². The van der Waals surface area contributed by atoms with Crippen LogP contribution < -0.4 is 5.46 Å². The fourth-order valence-corrected chi connectivity index (χ4v) is 4.56. The van der Waals surface area contributed by atoms with Gasteiger partial charge in [-0.2, -0.15) is 0 Å². The van der Waals surface area contributed by atoms with Crippen molar-refractivity contribution in [2.45, 2.75) is 0 Å². The molecule has 29 heavy (non-hydrogen) atoms. The Morgan fingerprint density at radius 1 is 0.621 bits per heavy atom. The van der Waals surface area contributed by atoms with Crippen molar-refractivity contribution in [3.63, 3.8) is 0 Å². The van der Waals surface area contributed by atoms with Gasteiger partial charge in [-0.3, -0.25) is 0 Å². The van der Waals surface area contributed by atoms with Gasteiger partial charge in [0, 0.05) is 27.0 Å². The van der Waals surface area contributed by atoms with Crippen LogP contribution in [0.1, 0.15) is 0 Å². The highest BCUT2D eigenvalue weighted by Crippen LogP contribution is 2.41. The number of aromatic nitrogens is 1. The van der Waals surface area contributed by atoms with Gasteiger partial charge in [-0.15, -0.1) is 0 Å².